The van der Waals surface area contributed by atoms with Crippen LogP contribution in [-0.2, 0) is 0 Å². The maximum absolute atomic E-state index is 13.9. The van der Waals surface area contributed by atoms with Gasteiger partial charge in [-0.05, 0) is 36.8 Å². The van der Waals surface area contributed by atoms with Gasteiger partial charge in [0.15, 0.2) is 11.5 Å². The summed E-state index contributed by atoms with van der Waals surface area (Å²) < 4.78 is 27.0. The van der Waals surface area contributed by atoms with Crippen LogP contribution < -0.4 is 9.47 Å². The van der Waals surface area contributed by atoms with Crippen molar-refractivity contribution in [3.63, 3.8) is 0 Å². The van der Waals surface area contributed by atoms with Crippen molar-refractivity contribution in [2.75, 3.05) is 14.2 Å². The van der Waals surface area contributed by atoms with Gasteiger partial charge in [-0.15, -0.1) is 0 Å². The topological polar surface area (TPSA) is 35.8 Å². The van der Waals surface area contributed by atoms with Crippen molar-refractivity contribution in [3.05, 3.63) is 77.4 Å². The molecule has 5 heteroatoms. The number of rotatable bonds is 4. The van der Waals surface area contributed by atoms with Gasteiger partial charge in [0.05, 0.1) is 37.4 Å². The van der Waals surface area contributed by atoms with Crippen LogP contribution >= 0.6 is 0 Å². The van der Waals surface area contributed by atoms with Gasteiger partial charge in [0, 0.05) is 23.4 Å². The van der Waals surface area contributed by atoms with Crippen LogP contribution in [0.1, 0.15) is 36.2 Å². The second-order valence-corrected chi connectivity index (χ2v) is 6.44. The van der Waals surface area contributed by atoms with Crippen LogP contribution in [0.3, 0.4) is 0 Å². The summed E-state index contributed by atoms with van der Waals surface area (Å²) >= 11 is 0. The maximum atomic E-state index is 13.9. The van der Waals surface area contributed by atoms with Gasteiger partial charge < -0.3 is 14.0 Å². The molecule has 138 valence electrons. The van der Waals surface area contributed by atoms with E-state index in [1.807, 2.05) is 36.5 Å². The number of halogens is 1. The van der Waals surface area contributed by atoms with E-state index in [1.165, 1.54) is 12.1 Å². The molecule has 2 aromatic carbocycles. The molecule has 3 aromatic rings. The average Bonchev–Trinajstić information content (AvgIpc) is 3.12. The van der Waals surface area contributed by atoms with Crippen molar-refractivity contribution in [1.29, 1.82) is 0 Å². The molecule has 0 radical (unpaired) electrons. The van der Waals surface area contributed by atoms with E-state index >= 15 is 0 Å². The van der Waals surface area contributed by atoms with E-state index in [4.69, 9.17) is 14.5 Å². The number of nitrogens with zero attached hydrogens (tertiary/aromatic N) is 2. The summed E-state index contributed by atoms with van der Waals surface area (Å²) in [7, 11) is 3.26. The van der Waals surface area contributed by atoms with Crippen molar-refractivity contribution in [3.8, 4) is 17.2 Å². The van der Waals surface area contributed by atoms with Crippen molar-refractivity contribution >= 4 is 5.71 Å². The Morgan fingerprint density at radius 2 is 1.81 bits per heavy atom. The van der Waals surface area contributed by atoms with Gasteiger partial charge in [0.1, 0.15) is 5.82 Å². The highest BCUT2D eigenvalue weighted by molar-refractivity contribution is 6.12. The monoisotopic (exact) mass is 364 g/mol. The summed E-state index contributed by atoms with van der Waals surface area (Å²) in [6.45, 7) is 2.10. The van der Waals surface area contributed by atoms with E-state index in [-0.39, 0.29) is 11.9 Å². The van der Waals surface area contributed by atoms with E-state index < -0.39 is 0 Å². The average molecular weight is 364 g/mol. The minimum atomic E-state index is -0.272. The number of aromatic nitrogens is 1. The second-order valence-electron chi connectivity index (χ2n) is 6.44. The SMILES string of the molecule is CC[C@@H]1N=C(c2cccc(F)c2)c2cccn2-c2cc(OC)c(OC)cc21. The lowest BCUT2D eigenvalue weighted by atomic mass is 10.0. The van der Waals surface area contributed by atoms with Gasteiger partial charge in [0.25, 0.3) is 0 Å². The molecular formula is C22H21FN2O2. The fourth-order valence-corrected chi connectivity index (χ4v) is 3.60. The molecule has 27 heavy (non-hydrogen) atoms. The quantitative estimate of drug-likeness (QED) is 0.658. The van der Waals surface area contributed by atoms with Gasteiger partial charge in [0.2, 0.25) is 0 Å². The van der Waals surface area contributed by atoms with Gasteiger partial charge in [-0.3, -0.25) is 4.99 Å². The summed E-state index contributed by atoms with van der Waals surface area (Å²) in [4.78, 5) is 5.02. The first-order valence-corrected chi connectivity index (χ1v) is 8.94. The summed E-state index contributed by atoms with van der Waals surface area (Å²) in [6.07, 6.45) is 2.80. The number of hydrogen-bond acceptors (Lipinski definition) is 3. The van der Waals surface area contributed by atoms with Crippen LogP contribution in [0.2, 0.25) is 0 Å². The molecule has 0 fully saturated rings. The molecule has 1 aliphatic rings. The lowest BCUT2D eigenvalue weighted by Gasteiger charge is -2.18. The zero-order valence-electron chi connectivity index (χ0n) is 15.6. The number of methoxy groups -OCH3 is 2. The Balaban J connectivity index is 1.99. The molecule has 0 N–H and O–H groups in total. The van der Waals surface area contributed by atoms with Crippen molar-refractivity contribution < 1.29 is 13.9 Å². The molecule has 0 aliphatic carbocycles. The number of aliphatic imine (C=N–C) groups is 1. The highest BCUT2D eigenvalue weighted by atomic mass is 19.1. The van der Waals surface area contributed by atoms with Crippen LogP contribution in [0.5, 0.6) is 11.5 Å². The van der Waals surface area contributed by atoms with Gasteiger partial charge in [-0.2, -0.15) is 0 Å². The number of ether oxygens (including phenoxy) is 2. The van der Waals surface area contributed by atoms with Crippen LogP contribution in [0.4, 0.5) is 4.39 Å². The minimum Gasteiger partial charge on any atom is -0.493 e. The first kappa shape index (κ1) is 17.3. The highest BCUT2D eigenvalue weighted by Crippen LogP contribution is 2.40. The minimum absolute atomic E-state index is 0.0713. The van der Waals surface area contributed by atoms with Gasteiger partial charge in [-0.25, -0.2) is 4.39 Å². The predicted molar refractivity (Wildman–Crippen MR) is 104 cm³/mol. The van der Waals surface area contributed by atoms with E-state index in [0.29, 0.717) is 11.5 Å². The van der Waals surface area contributed by atoms with E-state index in [0.717, 1.165) is 34.6 Å². The van der Waals surface area contributed by atoms with Crippen molar-refractivity contribution in [2.24, 2.45) is 4.99 Å². The smallest absolute Gasteiger partial charge is 0.162 e. The molecule has 0 unspecified atom stereocenters. The lowest BCUT2D eigenvalue weighted by Crippen LogP contribution is -2.08. The predicted octanol–water partition coefficient (Wildman–Crippen LogP) is 4.94. The van der Waals surface area contributed by atoms with Crippen LogP contribution in [0.15, 0.2) is 59.7 Å². The van der Waals surface area contributed by atoms with Crippen molar-refractivity contribution in [2.45, 2.75) is 19.4 Å². The molecule has 0 amide bonds. The van der Waals surface area contributed by atoms with Crippen LogP contribution in [0, 0.1) is 5.82 Å². The molecule has 1 atom stereocenters. The third kappa shape index (κ3) is 2.89. The first-order chi connectivity index (χ1) is 13.2. The lowest BCUT2D eigenvalue weighted by molar-refractivity contribution is 0.354. The van der Waals surface area contributed by atoms with Gasteiger partial charge in [-0.1, -0.05) is 19.1 Å². The Morgan fingerprint density at radius 3 is 2.52 bits per heavy atom. The standard InChI is InChI=1S/C22H21FN2O2/c1-4-17-16-12-20(26-2)21(27-3)13-19(16)25-10-6-9-18(25)22(24-17)14-7-5-8-15(23)11-14/h5-13,17H,4H2,1-3H3/t17-/m0/s1. The Hall–Kier alpha value is -3.08. The summed E-state index contributed by atoms with van der Waals surface area (Å²) in [5.41, 5.74) is 4.51. The van der Waals surface area contributed by atoms with Crippen molar-refractivity contribution in [1.82, 2.24) is 4.57 Å². The molecule has 1 aromatic heterocycles. The molecule has 0 saturated heterocycles. The third-order valence-corrected chi connectivity index (χ3v) is 4.91. The summed E-state index contributed by atoms with van der Waals surface area (Å²) in [5, 5.41) is 0. The number of fused-ring (bicyclic) bond motifs is 3. The summed E-state index contributed by atoms with van der Waals surface area (Å²) in [6, 6.07) is 14.4. The Labute approximate surface area is 157 Å². The highest BCUT2D eigenvalue weighted by Gasteiger charge is 2.25. The van der Waals surface area contributed by atoms with Gasteiger partial charge >= 0.3 is 0 Å². The molecule has 2 heterocycles. The summed E-state index contributed by atoms with van der Waals surface area (Å²) in [5.74, 6) is 1.07. The molecule has 0 bridgehead atoms. The van der Waals surface area contributed by atoms with E-state index in [9.17, 15) is 4.39 Å². The molecule has 4 rings (SSSR count). The Bertz CT molecular complexity index is 1020. The fraction of sp³-hybridized carbons (Fsp3) is 0.227. The Kier molecular flexibility index (Phi) is 4.44. The molecule has 0 saturated carbocycles. The zero-order valence-corrected chi connectivity index (χ0v) is 15.6. The van der Waals surface area contributed by atoms with Crippen LogP contribution in [0.25, 0.3) is 5.69 Å². The normalized spacial score (nSPS) is 15.4. The number of hydrogen-bond donors (Lipinski definition) is 0. The first-order valence-electron chi connectivity index (χ1n) is 8.94. The van der Waals surface area contributed by atoms with E-state index in [2.05, 4.69) is 11.5 Å². The fourth-order valence-electron chi connectivity index (χ4n) is 3.60. The van der Waals surface area contributed by atoms with E-state index in [1.54, 1.807) is 20.3 Å². The Morgan fingerprint density at radius 1 is 1.04 bits per heavy atom. The maximum Gasteiger partial charge on any atom is 0.162 e. The molecule has 0 spiro atoms. The van der Waals surface area contributed by atoms with Crippen LogP contribution in [-0.4, -0.2) is 24.5 Å². The molecule has 1 aliphatic heterocycles. The zero-order chi connectivity index (χ0) is 19.0. The third-order valence-electron chi connectivity index (χ3n) is 4.91. The molecule has 4 nitrogen and oxygen atoms in total. The largest absolute Gasteiger partial charge is 0.493 e. The molecular weight excluding hydrogens is 343 g/mol. The second kappa shape index (κ2) is 6.91. The number of benzene rings is 2.